The van der Waals surface area contributed by atoms with Gasteiger partial charge in [0.15, 0.2) is 10.1 Å². The van der Waals surface area contributed by atoms with Crippen LogP contribution in [0.2, 0.25) is 5.02 Å². The number of sulfone groups is 1. The smallest absolute Gasteiger partial charge is 0.270 e. The molecule has 1 aliphatic heterocycles. The maximum atomic E-state index is 13.0. The van der Waals surface area contributed by atoms with Crippen molar-refractivity contribution in [3.05, 3.63) is 64.0 Å². The van der Waals surface area contributed by atoms with E-state index in [0.717, 1.165) is 49.6 Å². The molecular formula is C23H23ClN4O5S2. The second-order valence-corrected chi connectivity index (χ2v) is 11.0. The molecule has 2 aromatic carbocycles. The number of carbonyl (C=O) groups excluding carboxylic acids is 1. The number of halogens is 1. The summed E-state index contributed by atoms with van der Waals surface area (Å²) in [7, 11) is -2.55. The average Bonchev–Trinajstić information content (AvgIpc) is 3.38. The minimum absolute atomic E-state index is 0.0191. The Labute approximate surface area is 211 Å². The molecule has 9 nitrogen and oxygen atoms in total. The standard InChI is InChI=1S/C23H23ClN4O5S2/c1-33-19-9-4-15(12-18(19)24)26-21(29)14-34-23-25-13-20(22(30)27-23)35(31,32)17-7-5-16(6-8-17)28-10-2-3-11-28/h4-9,12-13H,2-3,10-11,14H2,1H3,(H,26,29)(H,25,27,30). The molecular weight excluding hydrogens is 512 g/mol. The number of H-pyrrole nitrogens is 1. The van der Waals surface area contributed by atoms with Gasteiger partial charge in [0.25, 0.3) is 5.56 Å². The predicted molar refractivity (Wildman–Crippen MR) is 136 cm³/mol. The van der Waals surface area contributed by atoms with Crippen molar-refractivity contribution in [2.75, 3.05) is 36.2 Å². The highest BCUT2D eigenvalue weighted by Crippen LogP contribution is 2.28. The molecule has 0 radical (unpaired) electrons. The quantitative estimate of drug-likeness (QED) is 0.332. The molecule has 2 N–H and O–H groups in total. The van der Waals surface area contributed by atoms with Gasteiger partial charge in [-0.1, -0.05) is 23.4 Å². The van der Waals surface area contributed by atoms with Gasteiger partial charge in [0, 0.05) is 24.5 Å². The number of nitrogens with zero attached hydrogens (tertiary/aromatic N) is 2. The summed E-state index contributed by atoms with van der Waals surface area (Å²) in [4.78, 5) is 33.0. The molecule has 0 unspecified atom stereocenters. The first kappa shape index (κ1) is 25.1. The van der Waals surface area contributed by atoms with Gasteiger partial charge in [-0.3, -0.25) is 9.59 Å². The van der Waals surface area contributed by atoms with Crippen molar-refractivity contribution in [1.82, 2.24) is 9.97 Å². The first-order valence-corrected chi connectivity index (χ1v) is 13.6. The monoisotopic (exact) mass is 534 g/mol. The third kappa shape index (κ3) is 5.80. The third-order valence-electron chi connectivity index (χ3n) is 5.43. The Bertz CT molecular complexity index is 1390. The van der Waals surface area contributed by atoms with E-state index in [9.17, 15) is 18.0 Å². The summed E-state index contributed by atoms with van der Waals surface area (Å²) < 4.78 is 31.0. The van der Waals surface area contributed by atoms with Crippen molar-refractivity contribution in [2.24, 2.45) is 0 Å². The summed E-state index contributed by atoms with van der Waals surface area (Å²) in [5, 5.41) is 3.16. The second-order valence-electron chi connectivity index (χ2n) is 7.76. The van der Waals surface area contributed by atoms with E-state index in [1.807, 2.05) is 0 Å². The van der Waals surface area contributed by atoms with E-state index < -0.39 is 20.3 Å². The molecule has 0 spiro atoms. The van der Waals surface area contributed by atoms with Crippen LogP contribution in [0, 0.1) is 0 Å². The van der Waals surface area contributed by atoms with E-state index >= 15 is 0 Å². The van der Waals surface area contributed by atoms with E-state index in [0.29, 0.717) is 16.5 Å². The summed E-state index contributed by atoms with van der Waals surface area (Å²) in [6, 6.07) is 11.3. The van der Waals surface area contributed by atoms with Gasteiger partial charge in [-0.2, -0.15) is 0 Å². The zero-order chi connectivity index (χ0) is 25.0. The fourth-order valence-corrected chi connectivity index (χ4v) is 5.77. The lowest BCUT2D eigenvalue weighted by Gasteiger charge is -2.17. The Hall–Kier alpha value is -3.02. The van der Waals surface area contributed by atoms with Crippen LogP contribution < -0.4 is 20.5 Å². The zero-order valence-electron chi connectivity index (χ0n) is 18.8. The maximum Gasteiger partial charge on any atom is 0.270 e. The van der Waals surface area contributed by atoms with Gasteiger partial charge >= 0.3 is 0 Å². The number of methoxy groups -OCH3 is 1. The molecule has 1 aliphatic rings. The number of carbonyl (C=O) groups is 1. The van der Waals surface area contributed by atoms with Gasteiger partial charge < -0.3 is 19.9 Å². The van der Waals surface area contributed by atoms with Crippen LogP contribution in [0.15, 0.2) is 68.4 Å². The molecule has 1 aromatic heterocycles. The fourth-order valence-electron chi connectivity index (χ4n) is 3.65. The first-order valence-electron chi connectivity index (χ1n) is 10.7. The van der Waals surface area contributed by atoms with Crippen LogP contribution in [0.4, 0.5) is 11.4 Å². The van der Waals surface area contributed by atoms with E-state index in [1.165, 1.54) is 19.2 Å². The van der Waals surface area contributed by atoms with Crippen molar-refractivity contribution >= 4 is 50.5 Å². The molecule has 0 aliphatic carbocycles. The predicted octanol–water partition coefficient (Wildman–Crippen LogP) is 3.60. The van der Waals surface area contributed by atoms with E-state index in [-0.39, 0.29) is 21.7 Å². The topological polar surface area (TPSA) is 121 Å². The molecule has 1 amide bonds. The highest BCUT2D eigenvalue weighted by atomic mass is 35.5. The number of aromatic amines is 1. The number of anilines is 2. The van der Waals surface area contributed by atoms with Gasteiger partial charge in [-0.25, -0.2) is 13.4 Å². The number of benzene rings is 2. The number of amides is 1. The van der Waals surface area contributed by atoms with Crippen LogP contribution in [0.1, 0.15) is 12.8 Å². The molecule has 1 fully saturated rings. The van der Waals surface area contributed by atoms with Crippen LogP contribution in [0.25, 0.3) is 0 Å². The molecule has 184 valence electrons. The number of thioether (sulfide) groups is 1. The molecule has 3 aromatic rings. The number of ether oxygens (including phenoxy) is 1. The van der Waals surface area contributed by atoms with Gasteiger partial charge in [0.05, 0.1) is 29.0 Å². The van der Waals surface area contributed by atoms with Crippen molar-refractivity contribution in [1.29, 1.82) is 0 Å². The van der Waals surface area contributed by atoms with Crippen molar-refractivity contribution in [3.63, 3.8) is 0 Å². The van der Waals surface area contributed by atoms with E-state index in [4.69, 9.17) is 16.3 Å². The Morgan fingerprint density at radius 1 is 1.20 bits per heavy atom. The van der Waals surface area contributed by atoms with Crippen LogP contribution >= 0.6 is 23.4 Å². The summed E-state index contributed by atoms with van der Waals surface area (Å²) in [5.74, 6) is 0.0727. The summed E-state index contributed by atoms with van der Waals surface area (Å²) in [6.45, 7) is 1.89. The van der Waals surface area contributed by atoms with Gasteiger partial charge in [0.1, 0.15) is 5.75 Å². The lowest BCUT2D eigenvalue weighted by molar-refractivity contribution is -0.113. The van der Waals surface area contributed by atoms with Gasteiger partial charge in [-0.05, 0) is 55.3 Å². The molecule has 0 atom stereocenters. The SMILES string of the molecule is COc1ccc(NC(=O)CSc2ncc(S(=O)(=O)c3ccc(N4CCCC4)cc3)c(=O)[nH]2)cc1Cl. The molecule has 2 heterocycles. The molecule has 0 saturated carbocycles. The first-order chi connectivity index (χ1) is 16.8. The second kappa shape index (κ2) is 10.7. The Kier molecular flexibility index (Phi) is 7.68. The Morgan fingerprint density at radius 3 is 2.54 bits per heavy atom. The zero-order valence-corrected chi connectivity index (χ0v) is 21.2. The van der Waals surface area contributed by atoms with Crippen LogP contribution in [0.5, 0.6) is 5.75 Å². The lowest BCUT2D eigenvalue weighted by Crippen LogP contribution is -2.20. The third-order valence-corrected chi connectivity index (χ3v) is 8.37. The van der Waals surface area contributed by atoms with Crippen LogP contribution in [0.3, 0.4) is 0 Å². The number of hydrogen-bond acceptors (Lipinski definition) is 8. The number of aromatic nitrogens is 2. The minimum Gasteiger partial charge on any atom is -0.495 e. The Balaban J connectivity index is 1.41. The summed E-state index contributed by atoms with van der Waals surface area (Å²) in [5.41, 5.74) is 0.643. The van der Waals surface area contributed by atoms with E-state index in [1.54, 1.807) is 30.3 Å². The maximum absolute atomic E-state index is 13.0. The van der Waals surface area contributed by atoms with Crippen molar-refractivity contribution in [2.45, 2.75) is 27.8 Å². The van der Waals surface area contributed by atoms with Crippen LogP contribution in [-0.2, 0) is 14.6 Å². The largest absolute Gasteiger partial charge is 0.495 e. The Morgan fingerprint density at radius 2 is 1.91 bits per heavy atom. The fraction of sp³-hybridized carbons (Fsp3) is 0.261. The number of nitrogens with one attached hydrogen (secondary N) is 2. The number of hydrogen-bond donors (Lipinski definition) is 2. The molecule has 4 rings (SSSR count). The van der Waals surface area contributed by atoms with Crippen molar-refractivity contribution in [3.8, 4) is 5.75 Å². The van der Waals surface area contributed by atoms with Gasteiger partial charge in [0.2, 0.25) is 15.7 Å². The van der Waals surface area contributed by atoms with Gasteiger partial charge in [-0.15, -0.1) is 0 Å². The normalized spacial score (nSPS) is 13.6. The number of rotatable bonds is 8. The molecule has 12 heteroatoms. The summed E-state index contributed by atoms with van der Waals surface area (Å²) in [6.07, 6.45) is 3.25. The molecule has 1 saturated heterocycles. The van der Waals surface area contributed by atoms with Crippen molar-refractivity contribution < 1.29 is 17.9 Å². The molecule has 0 bridgehead atoms. The van der Waals surface area contributed by atoms with Crippen LogP contribution in [-0.4, -0.2) is 50.2 Å². The highest BCUT2D eigenvalue weighted by Gasteiger charge is 2.23. The minimum atomic E-state index is -4.04. The lowest BCUT2D eigenvalue weighted by atomic mass is 10.3. The molecule has 35 heavy (non-hydrogen) atoms. The van der Waals surface area contributed by atoms with E-state index in [2.05, 4.69) is 20.2 Å². The average molecular weight is 535 g/mol. The highest BCUT2D eigenvalue weighted by molar-refractivity contribution is 7.99. The summed E-state index contributed by atoms with van der Waals surface area (Å²) >= 11 is 7.02.